The zero-order valence-corrected chi connectivity index (χ0v) is 21.6. The highest BCUT2D eigenvalue weighted by Crippen LogP contribution is 2.59. The molecule has 1 spiro atoms. The largest absolute Gasteiger partial charge is 0.465 e. The van der Waals surface area contributed by atoms with Crippen molar-refractivity contribution in [3.05, 3.63) is 61.2 Å². The van der Waals surface area contributed by atoms with Crippen LogP contribution in [0.4, 0.5) is 0 Å². The summed E-state index contributed by atoms with van der Waals surface area (Å²) in [6.45, 7) is 9.84. The number of likely N-dealkylation sites (tertiary alicyclic amines) is 1. The van der Waals surface area contributed by atoms with Gasteiger partial charge in [0.2, 0.25) is 11.8 Å². The summed E-state index contributed by atoms with van der Waals surface area (Å²) in [6, 6.07) is 8.07. The molecule has 4 rings (SSSR count). The summed E-state index contributed by atoms with van der Waals surface area (Å²) >= 11 is 0. The van der Waals surface area contributed by atoms with Crippen molar-refractivity contribution in [1.29, 1.82) is 0 Å². The molecule has 8 nitrogen and oxygen atoms in total. The number of esters is 1. The Hall–Kier alpha value is -2.97. The maximum Gasteiger partial charge on any atom is 0.312 e. The quantitative estimate of drug-likeness (QED) is 0.249. The van der Waals surface area contributed by atoms with Gasteiger partial charge in [-0.2, -0.15) is 0 Å². The minimum atomic E-state index is -1.12. The molecule has 2 unspecified atom stereocenters. The van der Waals surface area contributed by atoms with Crippen LogP contribution in [0, 0.1) is 11.8 Å². The van der Waals surface area contributed by atoms with Gasteiger partial charge in [-0.05, 0) is 44.6 Å². The van der Waals surface area contributed by atoms with Crippen molar-refractivity contribution in [2.75, 3.05) is 19.8 Å². The van der Waals surface area contributed by atoms with Gasteiger partial charge in [0.1, 0.15) is 11.6 Å². The number of allylic oxidation sites excluding steroid dienone is 1. The van der Waals surface area contributed by atoms with Crippen LogP contribution < -0.4 is 0 Å². The smallest absolute Gasteiger partial charge is 0.312 e. The molecule has 1 aromatic carbocycles. The minimum absolute atomic E-state index is 0.265. The Morgan fingerprint density at radius 2 is 2.03 bits per heavy atom. The third-order valence-corrected chi connectivity index (χ3v) is 7.91. The fourth-order valence-corrected chi connectivity index (χ4v) is 6.23. The minimum Gasteiger partial charge on any atom is -0.465 e. The second-order valence-corrected chi connectivity index (χ2v) is 10.3. The highest BCUT2D eigenvalue weighted by atomic mass is 16.6. The van der Waals surface area contributed by atoms with Crippen molar-refractivity contribution < 1.29 is 29.0 Å². The Morgan fingerprint density at radius 3 is 2.70 bits per heavy atom. The number of carbonyl (C=O) groups is 3. The highest BCUT2D eigenvalue weighted by Gasteiger charge is 2.75. The van der Waals surface area contributed by atoms with E-state index in [0.29, 0.717) is 32.4 Å². The van der Waals surface area contributed by atoms with Gasteiger partial charge in [0.05, 0.1) is 37.2 Å². The van der Waals surface area contributed by atoms with Crippen molar-refractivity contribution in [1.82, 2.24) is 9.80 Å². The van der Waals surface area contributed by atoms with Crippen LogP contribution in [0.15, 0.2) is 55.6 Å². The van der Waals surface area contributed by atoms with Crippen molar-refractivity contribution in [3.8, 4) is 0 Å². The first kappa shape index (κ1) is 27.1. The van der Waals surface area contributed by atoms with Crippen molar-refractivity contribution in [2.45, 2.75) is 69.4 Å². The third kappa shape index (κ3) is 4.97. The second-order valence-electron chi connectivity index (χ2n) is 10.3. The van der Waals surface area contributed by atoms with E-state index in [9.17, 15) is 19.5 Å². The lowest BCUT2D eigenvalue weighted by atomic mass is 9.70. The van der Waals surface area contributed by atoms with Crippen molar-refractivity contribution in [3.63, 3.8) is 0 Å². The van der Waals surface area contributed by atoms with E-state index in [1.165, 1.54) is 4.90 Å². The summed E-state index contributed by atoms with van der Waals surface area (Å²) in [5.74, 6) is -2.60. The summed E-state index contributed by atoms with van der Waals surface area (Å²) in [5, 5.41) is 10.0. The number of hydrogen-bond acceptors (Lipinski definition) is 6. The molecule has 3 aliphatic rings. The van der Waals surface area contributed by atoms with E-state index in [-0.39, 0.29) is 25.0 Å². The maximum absolute atomic E-state index is 14.2. The van der Waals surface area contributed by atoms with Crippen molar-refractivity contribution >= 4 is 17.8 Å². The second kappa shape index (κ2) is 11.6. The van der Waals surface area contributed by atoms with Crippen LogP contribution >= 0.6 is 0 Å². The van der Waals surface area contributed by atoms with Gasteiger partial charge in [0.15, 0.2) is 0 Å². The van der Waals surface area contributed by atoms with E-state index in [0.717, 1.165) is 18.4 Å². The van der Waals surface area contributed by atoms with Gasteiger partial charge in [0.25, 0.3) is 0 Å². The molecule has 0 aromatic heterocycles. The average molecular weight is 511 g/mol. The number of amides is 2. The number of rotatable bonds is 13. The van der Waals surface area contributed by atoms with Crippen LogP contribution in [0.25, 0.3) is 0 Å². The summed E-state index contributed by atoms with van der Waals surface area (Å²) in [5.41, 5.74) is -0.169. The third-order valence-electron chi connectivity index (χ3n) is 7.91. The van der Waals surface area contributed by atoms with E-state index >= 15 is 0 Å². The summed E-state index contributed by atoms with van der Waals surface area (Å²) in [6.07, 6.45) is 6.52. The van der Waals surface area contributed by atoms with Gasteiger partial charge in [-0.3, -0.25) is 14.4 Å². The van der Waals surface area contributed by atoms with Crippen LogP contribution in [0.1, 0.15) is 44.6 Å². The number of aliphatic hydroxyl groups excluding tert-OH is 1. The van der Waals surface area contributed by atoms with Crippen LogP contribution in [0.2, 0.25) is 0 Å². The zero-order chi connectivity index (χ0) is 26.6. The molecule has 2 bridgehead atoms. The van der Waals surface area contributed by atoms with Crippen LogP contribution in [-0.2, 0) is 30.4 Å². The molecule has 200 valence electrons. The van der Waals surface area contributed by atoms with E-state index < -0.39 is 41.6 Å². The molecular formula is C29H38N2O6. The summed E-state index contributed by atoms with van der Waals surface area (Å²) in [4.78, 5) is 44.4. The number of hydrogen-bond donors (Lipinski definition) is 1. The fraction of sp³-hybridized carbons (Fsp3) is 0.552. The molecule has 0 aliphatic carbocycles. The standard InChI is InChI=1S/C29H38N2O6/c1-4-6-7-11-17-36-28(35)23-22-14-15-29(37-22)24(23)26(33)31(20(3)19-32)25(29)27(34)30(16-5-2)18-21-12-9-8-10-13-21/h4-5,8-10,12-13,20,22-25,32H,1-2,6-7,11,14-19H2,3H3/t20-,22-,23+,24+,25?,29?/m1/s1. The lowest BCUT2D eigenvalue weighted by Gasteiger charge is -2.38. The molecule has 1 aromatic rings. The summed E-state index contributed by atoms with van der Waals surface area (Å²) in [7, 11) is 0. The van der Waals surface area contributed by atoms with E-state index in [2.05, 4.69) is 13.2 Å². The molecule has 2 amide bonds. The van der Waals surface area contributed by atoms with Gasteiger partial charge in [-0.25, -0.2) is 0 Å². The van der Waals surface area contributed by atoms with Gasteiger partial charge < -0.3 is 24.4 Å². The fourth-order valence-electron chi connectivity index (χ4n) is 6.23. The number of carbonyl (C=O) groups excluding carboxylic acids is 3. The van der Waals surface area contributed by atoms with Crippen LogP contribution in [-0.4, -0.2) is 76.2 Å². The van der Waals surface area contributed by atoms with Crippen LogP contribution in [0.5, 0.6) is 0 Å². The first-order valence-corrected chi connectivity index (χ1v) is 13.2. The number of fused-ring (bicyclic) bond motifs is 1. The molecule has 3 aliphatic heterocycles. The lowest BCUT2D eigenvalue weighted by Crippen LogP contribution is -2.58. The monoisotopic (exact) mass is 510 g/mol. The molecule has 0 saturated carbocycles. The normalized spacial score (nSPS) is 28.6. The zero-order valence-electron chi connectivity index (χ0n) is 21.6. The first-order chi connectivity index (χ1) is 17.9. The maximum atomic E-state index is 14.2. The molecule has 37 heavy (non-hydrogen) atoms. The van der Waals surface area contributed by atoms with E-state index in [4.69, 9.17) is 9.47 Å². The Balaban J connectivity index is 1.62. The predicted octanol–water partition coefficient (Wildman–Crippen LogP) is 2.86. The molecule has 3 heterocycles. The Bertz CT molecular complexity index is 1010. The molecular weight excluding hydrogens is 472 g/mol. The highest BCUT2D eigenvalue weighted by molar-refractivity contribution is 5.98. The molecule has 8 heteroatoms. The van der Waals surface area contributed by atoms with E-state index in [1.807, 2.05) is 36.4 Å². The molecule has 3 saturated heterocycles. The number of ether oxygens (including phenoxy) is 2. The Morgan fingerprint density at radius 1 is 1.27 bits per heavy atom. The van der Waals surface area contributed by atoms with Crippen molar-refractivity contribution in [2.24, 2.45) is 11.8 Å². The lowest BCUT2D eigenvalue weighted by molar-refractivity contribution is -0.156. The van der Waals surface area contributed by atoms with E-state index in [1.54, 1.807) is 17.9 Å². The average Bonchev–Trinajstić information content (AvgIpc) is 3.55. The number of aliphatic hydroxyl groups is 1. The topological polar surface area (TPSA) is 96.4 Å². The molecule has 1 N–H and O–H groups in total. The molecule has 6 atom stereocenters. The number of nitrogens with zero attached hydrogens (tertiary/aromatic N) is 2. The first-order valence-electron chi connectivity index (χ1n) is 13.2. The number of unbranched alkanes of at least 4 members (excludes halogenated alkanes) is 2. The summed E-state index contributed by atoms with van der Waals surface area (Å²) < 4.78 is 12.0. The van der Waals surface area contributed by atoms with Gasteiger partial charge >= 0.3 is 5.97 Å². The van der Waals surface area contributed by atoms with Gasteiger partial charge in [-0.15, -0.1) is 13.2 Å². The van der Waals surface area contributed by atoms with Gasteiger partial charge in [0, 0.05) is 13.1 Å². The van der Waals surface area contributed by atoms with Gasteiger partial charge in [-0.1, -0.05) is 42.5 Å². The Labute approximate surface area is 218 Å². The molecule has 3 fully saturated rings. The van der Waals surface area contributed by atoms with Crippen LogP contribution in [0.3, 0.4) is 0 Å². The number of benzene rings is 1. The SMILES string of the molecule is C=CCCCCOC(=O)[C@@H]1[C@H]2C(=O)N([C@H](C)CO)C(C(=O)N(CC=C)Cc3ccccc3)C23CC[C@H]1O3. The molecule has 0 radical (unpaired) electrons. The Kier molecular flexibility index (Phi) is 8.49. The predicted molar refractivity (Wildman–Crippen MR) is 138 cm³/mol.